The van der Waals surface area contributed by atoms with Gasteiger partial charge in [-0.05, 0) is 0 Å². The number of nitro benzene ring substituents is 1. The zero-order valence-electron chi connectivity index (χ0n) is 7.07. The number of nitrogens with two attached hydrogens (primary N) is 1. The standard InChI is InChI=1S/C8H7FN2O3/c9-6-2-4(11(12)13)1-5-7(10)3-14-8(5)6/h1-2,7H,3,10H2/t7-/m0/s1. The molecular formula is C8H7FN2O3. The summed E-state index contributed by atoms with van der Waals surface area (Å²) in [6.07, 6.45) is 0. The van der Waals surface area contributed by atoms with Crippen molar-refractivity contribution in [2.45, 2.75) is 6.04 Å². The molecule has 0 radical (unpaired) electrons. The van der Waals surface area contributed by atoms with Crippen LogP contribution >= 0.6 is 0 Å². The predicted molar refractivity (Wildman–Crippen MR) is 45.5 cm³/mol. The van der Waals surface area contributed by atoms with E-state index in [1.165, 1.54) is 6.07 Å². The van der Waals surface area contributed by atoms with Gasteiger partial charge >= 0.3 is 0 Å². The third kappa shape index (κ3) is 1.20. The van der Waals surface area contributed by atoms with E-state index in [0.717, 1.165) is 6.07 Å². The Bertz CT molecular complexity index is 408. The highest BCUT2D eigenvalue weighted by atomic mass is 19.1. The van der Waals surface area contributed by atoms with E-state index in [9.17, 15) is 14.5 Å². The molecule has 0 aromatic heterocycles. The molecule has 1 aliphatic rings. The minimum absolute atomic E-state index is 0.0306. The normalized spacial score (nSPS) is 18.9. The number of nitro groups is 1. The molecular weight excluding hydrogens is 191 g/mol. The van der Waals surface area contributed by atoms with Crippen LogP contribution in [-0.2, 0) is 0 Å². The summed E-state index contributed by atoms with van der Waals surface area (Å²) in [5.41, 5.74) is 5.62. The van der Waals surface area contributed by atoms with Gasteiger partial charge in [-0.3, -0.25) is 10.1 Å². The first-order valence-electron chi connectivity index (χ1n) is 3.96. The van der Waals surface area contributed by atoms with E-state index in [-0.39, 0.29) is 18.0 Å². The van der Waals surface area contributed by atoms with Crippen LogP contribution in [0.25, 0.3) is 0 Å². The van der Waals surface area contributed by atoms with Crippen LogP contribution in [-0.4, -0.2) is 11.5 Å². The van der Waals surface area contributed by atoms with E-state index in [0.29, 0.717) is 5.56 Å². The van der Waals surface area contributed by atoms with Crippen molar-refractivity contribution in [1.82, 2.24) is 0 Å². The molecule has 0 aliphatic carbocycles. The molecule has 0 fully saturated rings. The molecule has 6 heteroatoms. The van der Waals surface area contributed by atoms with Crippen molar-refractivity contribution in [1.29, 1.82) is 0 Å². The van der Waals surface area contributed by atoms with Crippen LogP contribution in [0.5, 0.6) is 5.75 Å². The Morgan fingerprint density at radius 1 is 1.64 bits per heavy atom. The Labute approximate surface area is 78.4 Å². The lowest BCUT2D eigenvalue weighted by Gasteiger charge is -2.01. The average molecular weight is 198 g/mol. The van der Waals surface area contributed by atoms with E-state index in [1.807, 2.05) is 0 Å². The van der Waals surface area contributed by atoms with Crippen molar-refractivity contribution in [3.63, 3.8) is 0 Å². The number of hydrogen-bond donors (Lipinski definition) is 1. The maximum atomic E-state index is 13.2. The van der Waals surface area contributed by atoms with E-state index in [2.05, 4.69) is 0 Å². The van der Waals surface area contributed by atoms with Gasteiger partial charge in [0.25, 0.3) is 5.69 Å². The van der Waals surface area contributed by atoms with Crippen LogP contribution in [0.1, 0.15) is 11.6 Å². The molecule has 5 nitrogen and oxygen atoms in total. The molecule has 74 valence electrons. The summed E-state index contributed by atoms with van der Waals surface area (Å²) in [6, 6.07) is 1.59. The predicted octanol–water partition coefficient (Wildman–Crippen LogP) is 1.13. The van der Waals surface area contributed by atoms with Crippen LogP contribution in [0.2, 0.25) is 0 Å². The number of halogens is 1. The number of non-ortho nitro benzene ring substituents is 1. The van der Waals surface area contributed by atoms with Gasteiger partial charge in [-0.2, -0.15) is 0 Å². The number of fused-ring (bicyclic) bond motifs is 1. The molecule has 14 heavy (non-hydrogen) atoms. The third-order valence-corrected chi connectivity index (χ3v) is 2.07. The summed E-state index contributed by atoms with van der Waals surface area (Å²) >= 11 is 0. The van der Waals surface area contributed by atoms with Gasteiger partial charge in [-0.1, -0.05) is 0 Å². The minimum Gasteiger partial charge on any atom is -0.488 e. The maximum absolute atomic E-state index is 13.2. The third-order valence-electron chi connectivity index (χ3n) is 2.07. The zero-order valence-corrected chi connectivity index (χ0v) is 7.07. The van der Waals surface area contributed by atoms with Gasteiger partial charge in [0.1, 0.15) is 6.61 Å². The van der Waals surface area contributed by atoms with Crippen LogP contribution in [0.4, 0.5) is 10.1 Å². The number of rotatable bonds is 1. The van der Waals surface area contributed by atoms with Gasteiger partial charge in [-0.15, -0.1) is 0 Å². The van der Waals surface area contributed by atoms with E-state index in [1.54, 1.807) is 0 Å². The summed E-state index contributed by atoms with van der Waals surface area (Å²) in [5, 5.41) is 10.4. The molecule has 1 aliphatic heterocycles. The van der Waals surface area contributed by atoms with Crippen molar-refractivity contribution < 1.29 is 14.1 Å². The van der Waals surface area contributed by atoms with Crippen LogP contribution in [0, 0.1) is 15.9 Å². The fourth-order valence-corrected chi connectivity index (χ4v) is 1.40. The van der Waals surface area contributed by atoms with Crippen molar-refractivity contribution in [2.24, 2.45) is 5.73 Å². The topological polar surface area (TPSA) is 78.4 Å². The number of ether oxygens (including phenoxy) is 1. The smallest absolute Gasteiger partial charge is 0.272 e. The quantitative estimate of drug-likeness (QED) is 0.541. The van der Waals surface area contributed by atoms with Gasteiger partial charge in [0, 0.05) is 11.6 Å². The lowest BCUT2D eigenvalue weighted by atomic mass is 10.1. The molecule has 1 aromatic carbocycles. The van der Waals surface area contributed by atoms with Crippen LogP contribution < -0.4 is 10.5 Å². The van der Waals surface area contributed by atoms with E-state index in [4.69, 9.17) is 10.5 Å². The molecule has 1 aromatic rings. The number of nitrogens with zero attached hydrogens (tertiary/aromatic N) is 1. The van der Waals surface area contributed by atoms with Crippen LogP contribution in [0.3, 0.4) is 0 Å². The Kier molecular flexibility index (Phi) is 1.85. The first kappa shape index (κ1) is 8.89. The summed E-state index contributed by atoms with van der Waals surface area (Å²) in [7, 11) is 0. The lowest BCUT2D eigenvalue weighted by Crippen LogP contribution is -2.10. The van der Waals surface area contributed by atoms with Crippen LogP contribution in [0.15, 0.2) is 12.1 Å². The highest BCUT2D eigenvalue weighted by Crippen LogP contribution is 2.36. The SMILES string of the molecule is N[C@H]1COc2c(F)cc([N+](=O)[O-])cc21. The lowest BCUT2D eigenvalue weighted by molar-refractivity contribution is -0.385. The van der Waals surface area contributed by atoms with Crippen molar-refractivity contribution in [3.8, 4) is 5.75 Å². The molecule has 0 amide bonds. The molecule has 1 heterocycles. The summed E-state index contributed by atoms with van der Waals surface area (Å²) in [4.78, 5) is 9.76. The second-order valence-electron chi connectivity index (χ2n) is 3.02. The molecule has 0 spiro atoms. The average Bonchev–Trinajstić information content (AvgIpc) is 2.48. The molecule has 0 saturated heterocycles. The van der Waals surface area contributed by atoms with Gasteiger partial charge in [-0.25, -0.2) is 4.39 Å². The molecule has 2 N–H and O–H groups in total. The number of hydrogen-bond acceptors (Lipinski definition) is 4. The van der Waals surface area contributed by atoms with Gasteiger partial charge < -0.3 is 10.5 Å². The Morgan fingerprint density at radius 3 is 3.00 bits per heavy atom. The Balaban J connectivity index is 2.58. The molecule has 2 rings (SSSR count). The van der Waals surface area contributed by atoms with Crippen molar-refractivity contribution in [2.75, 3.05) is 6.61 Å². The summed E-state index contributed by atoms with van der Waals surface area (Å²) in [5.74, 6) is -0.703. The van der Waals surface area contributed by atoms with E-state index < -0.39 is 16.8 Å². The van der Waals surface area contributed by atoms with Gasteiger partial charge in [0.05, 0.1) is 17.0 Å². The zero-order chi connectivity index (χ0) is 10.3. The maximum Gasteiger partial charge on any atom is 0.272 e. The molecule has 1 atom stereocenters. The highest BCUT2D eigenvalue weighted by molar-refractivity contribution is 5.48. The summed E-state index contributed by atoms with van der Waals surface area (Å²) in [6.45, 7) is 0.160. The van der Waals surface area contributed by atoms with Crippen molar-refractivity contribution in [3.05, 3.63) is 33.6 Å². The second-order valence-corrected chi connectivity index (χ2v) is 3.02. The Hall–Kier alpha value is -1.69. The fraction of sp³-hybridized carbons (Fsp3) is 0.250. The molecule has 0 bridgehead atoms. The Morgan fingerprint density at radius 2 is 2.36 bits per heavy atom. The number of benzene rings is 1. The largest absolute Gasteiger partial charge is 0.488 e. The fourth-order valence-electron chi connectivity index (χ4n) is 1.40. The van der Waals surface area contributed by atoms with Gasteiger partial charge in [0.2, 0.25) is 0 Å². The van der Waals surface area contributed by atoms with E-state index >= 15 is 0 Å². The highest BCUT2D eigenvalue weighted by Gasteiger charge is 2.27. The second kappa shape index (κ2) is 2.91. The first-order valence-corrected chi connectivity index (χ1v) is 3.96. The first-order chi connectivity index (χ1) is 6.59. The summed E-state index contributed by atoms with van der Waals surface area (Å²) < 4.78 is 18.2. The molecule has 0 unspecified atom stereocenters. The van der Waals surface area contributed by atoms with Crippen molar-refractivity contribution >= 4 is 5.69 Å². The monoisotopic (exact) mass is 198 g/mol. The minimum atomic E-state index is -0.734. The van der Waals surface area contributed by atoms with Gasteiger partial charge in [0.15, 0.2) is 11.6 Å². The molecule has 0 saturated carbocycles.